The molecule has 1 aliphatic heterocycles. The second-order valence-corrected chi connectivity index (χ2v) is 4.29. The molecule has 0 saturated carbocycles. The zero-order valence-electron chi connectivity index (χ0n) is 8.23. The first-order chi connectivity index (χ1) is 6.74. The largest absolute Gasteiger partial charge is 0.294 e. The quantitative estimate of drug-likeness (QED) is 0.671. The number of aryl methyl sites for hydroxylation is 1. The second-order valence-electron chi connectivity index (χ2n) is 3.67. The van der Waals surface area contributed by atoms with Crippen molar-refractivity contribution >= 4 is 11.6 Å². The Balaban J connectivity index is 1.90. The summed E-state index contributed by atoms with van der Waals surface area (Å²) in [7, 11) is 1.77. The van der Waals surface area contributed by atoms with Crippen LogP contribution in [-0.2, 0) is 13.6 Å². The lowest BCUT2D eigenvalue weighted by Crippen LogP contribution is -2.35. The van der Waals surface area contributed by atoms with Gasteiger partial charge < -0.3 is 0 Å². The molecular formula is C8H14ClN5. The van der Waals surface area contributed by atoms with Crippen molar-refractivity contribution < 1.29 is 0 Å². The summed E-state index contributed by atoms with van der Waals surface area (Å²) in [6.07, 6.45) is 2.28. The molecule has 5 nitrogen and oxygen atoms in total. The molecular weight excluding hydrogens is 202 g/mol. The van der Waals surface area contributed by atoms with Gasteiger partial charge in [0.05, 0.1) is 13.6 Å². The van der Waals surface area contributed by atoms with Crippen LogP contribution in [0.15, 0.2) is 0 Å². The van der Waals surface area contributed by atoms with Crippen molar-refractivity contribution in [2.45, 2.75) is 24.8 Å². The maximum absolute atomic E-state index is 6.08. The van der Waals surface area contributed by atoms with Gasteiger partial charge in [-0.1, -0.05) is 0 Å². The number of piperidine rings is 1. The summed E-state index contributed by atoms with van der Waals surface area (Å²) in [4.78, 5) is 3.76. The molecule has 0 bridgehead atoms. The van der Waals surface area contributed by atoms with Crippen molar-refractivity contribution in [1.82, 2.24) is 25.1 Å². The molecule has 2 rings (SSSR count). The average Bonchev–Trinajstić information content (AvgIpc) is 2.51. The van der Waals surface area contributed by atoms with Crippen LogP contribution in [-0.4, -0.2) is 43.6 Å². The smallest absolute Gasteiger partial charge is 0.188 e. The van der Waals surface area contributed by atoms with Crippen molar-refractivity contribution in [3.63, 3.8) is 0 Å². The third-order valence-electron chi connectivity index (χ3n) is 2.36. The lowest BCUT2D eigenvalue weighted by Gasteiger charge is -2.28. The Morgan fingerprint density at radius 3 is 3.07 bits per heavy atom. The molecule has 1 aliphatic rings. The number of alkyl halides is 1. The third kappa shape index (κ3) is 2.42. The minimum absolute atomic E-state index is 0.278. The van der Waals surface area contributed by atoms with Gasteiger partial charge in [0, 0.05) is 11.9 Å². The highest BCUT2D eigenvalue weighted by molar-refractivity contribution is 6.20. The van der Waals surface area contributed by atoms with Crippen LogP contribution in [0.25, 0.3) is 0 Å². The highest BCUT2D eigenvalue weighted by Gasteiger charge is 2.18. The van der Waals surface area contributed by atoms with Crippen LogP contribution in [0.3, 0.4) is 0 Å². The van der Waals surface area contributed by atoms with E-state index in [-0.39, 0.29) is 5.38 Å². The number of rotatable bonds is 2. The molecule has 1 fully saturated rings. The van der Waals surface area contributed by atoms with Gasteiger partial charge in [-0.15, -0.1) is 21.8 Å². The van der Waals surface area contributed by atoms with Crippen LogP contribution in [0.2, 0.25) is 0 Å². The van der Waals surface area contributed by atoms with E-state index in [1.54, 1.807) is 7.05 Å². The van der Waals surface area contributed by atoms with E-state index < -0.39 is 0 Å². The summed E-state index contributed by atoms with van der Waals surface area (Å²) in [6, 6.07) is 0. The number of halogens is 1. The Hall–Kier alpha value is -0.680. The van der Waals surface area contributed by atoms with Crippen LogP contribution in [0.1, 0.15) is 18.7 Å². The Morgan fingerprint density at radius 1 is 1.57 bits per heavy atom. The number of aromatic nitrogens is 4. The van der Waals surface area contributed by atoms with E-state index in [2.05, 4.69) is 20.3 Å². The van der Waals surface area contributed by atoms with E-state index in [0.717, 1.165) is 38.3 Å². The Kier molecular flexibility index (Phi) is 2.98. The minimum atomic E-state index is 0.278. The highest BCUT2D eigenvalue weighted by atomic mass is 35.5. The van der Waals surface area contributed by atoms with Crippen molar-refractivity contribution in [1.29, 1.82) is 0 Å². The first-order valence-corrected chi connectivity index (χ1v) is 5.27. The summed E-state index contributed by atoms with van der Waals surface area (Å²) >= 11 is 6.08. The van der Waals surface area contributed by atoms with E-state index in [9.17, 15) is 0 Å². The van der Waals surface area contributed by atoms with Gasteiger partial charge in [0.1, 0.15) is 0 Å². The molecule has 0 spiro atoms. The van der Waals surface area contributed by atoms with Gasteiger partial charge in [0.25, 0.3) is 0 Å². The SMILES string of the molecule is Cn1nnc(CN2CCCC(Cl)C2)n1. The molecule has 0 radical (unpaired) electrons. The predicted molar refractivity (Wildman–Crippen MR) is 53.0 cm³/mol. The standard InChI is InChI=1S/C8H14ClN5/c1-13-11-8(10-12-13)6-14-4-2-3-7(9)5-14/h7H,2-6H2,1H3. The molecule has 0 aromatic carbocycles. The number of hydrogen-bond donors (Lipinski definition) is 0. The maximum atomic E-state index is 6.08. The number of likely N-dealkylation sites (tertiary alicyclic amines) is 1. The molecule has 1 atom stereocenters. The van der Waals surface area contributed by atoms with Crippen molar-refractivity contribution in [3.8, 4) is 0 Å². The molecule has 6 heteroatoms. The third-order valence-corrected chi connectivity index (χ3v) is 2.72. The molecule has 0 N–H and O–H groups in total. The molecule has 1 aromatic heterocycles. The van der Waals surface area contributed by atoms with Gasteiger partial charge in [0.2, 0.25) is 0 Å². The van der Waals surface area contributed by atoms with Crippen LogP contribution >= 0.6 is 11.6 Å². The molecule has 1 saturated heterocycles. The summed E-state index contributed by atoms with van der Waals surface area (Å²) in [5.41, 5.74) is 0. The van der Waals surface area contributed by atoms with Crippen LogP contribution in [0.5, 0.6) is 0 Å². The second kappa shape index (κ2) is 4.23. The van der Waals surface area contributed by atoms with Crippen LogP contribution in [0.4, 0.5) is 0 Å². The zero-order valence-corrected chi connectivity index (χ0v) is 8.98. The van der Waals surface area contributed by atoms with Crippen molar-refractivity contribution in [2.24, 2.45) is 7.05 Å². The van der Waals surface area contributed by atoms with Crippen molar-refractivity contribution in [2.75, 3.05) is 13.1 Å². The monoisotopic (exact) mass is 215 g/mol. The predicted octanol–water partition coefficient (Wildman–Crippen LogP) is 0.413. The number of nitrogens with zero attached hydrogens (tertiary/aromatic N) is 5. The van der Waals surface area contributed by atoms with E-state index in [1.807, 2.05) is 0 Å². The van der Waals surface area contributed by atoms with Gasteiger partial charge >= 0.3 is 0 Å². The fourth-order valence-electron chi connectivity index (χ4n) is 1.73. The molecule has 14 heavy (non-hydrogen) atoms. The fourth-order valence-corrected chi connectivity index (χ4v) is 2.08. The van der Waals surface area contributed by atoms with Crippen LogP contribution in [0, 0.1) is 0 Å². The normalized spacial score (nSPS) is 24.0. The summed E-state index contributed by atoms with van der Waals surface area (Å²) in [5.74, 6) is 0.776. The average molecular weight is 216 g/mol. The van der Waals surface area contributed by atoms with Gasteiger partial charge in [-0.25, -0.2) is 0 Å². The Bertz CT molecular complexity index is 300. The summed E-state index contributed by atoms with van der Waals surface area (Å²) < 4.78 is 0. The van der Waals surface area contributed by atoms with Gasteiger partial charge in [-0.2, -0.15) is 4.80 Å². The fraction of sp³-hybridized carbons (Fsp3) is 0.875. The number of tetrazole rings is 1. The van der Waals surface area contributed by atoms with E-state index in [4.69, 9.17) is 11.6 Å². The molecule has 1 aromatic rings. The van der Waals surface area contributed by atoms with Crippen LogP contribution < -0.4 is 0 Å². The van der Waals surface area contributed by atoms with Gasteiger partial charge in [-0.3, -0.25) is 4.90 Å². The Labute approximate surface area is 88.0 Å². The highest BCUT2D eigenvalue weighted by Crippen LogP contribution is 2.15. The van der Waals surface area contributed by atoms with E-state index in [0.29, 0.717) is 0 Å². The van der Waals surface area contributed by atoms with E-state index in [1.165, 1.54) is 4.80 Å². The molecule has 2 heterocycles. The first-order valence-electron chi connectivity index (χ1n) is 4.83. The summed E-state index contributed by atoms with van der Waals surface area (Å²) in [5, 5.41) is 12.2. The number of hydrogen-bond acceptors (Lipinski definition) is 4. The topological polar surface area (TPSA) is 46.8 Å². The minimum Gasteiger partial charge on any atom is -0.294 e. The lowest BCUT2D eigenvalue weighted by molar-refractivity contribution is 0.219. The van der Waals surface area contributed by atoms with E-state index >= 15 is 0 Å². The molecule has 0 aliphatic carbocycles. The summed E-state index contributed by atoms with van der Waals surface area (Å²) in [6.45, 7) is 2.78. The molecule has 78 valence electrons. The van der Waals surface area contributed by atoms with Crippen molar-refractivity contribution in [3.05, 3.63) is 5.82 Å². The maximum Gasteiger partial charge on any atom is 0.188 e. The zero-order chi connectivity index (χ0) is 9.97. The molecule has 0 amide bonds. The van der Waals surface area contributed by atoms with Gasteiger partial charge in [-0.05, 0) is 24.6 Å². The lowest BCUT2D eigenvalue weighted by atomic mass is 10.1. The molecule has 1 unspecified atom stereocenters. The Morgan fingerprint density at radius 2 is 2.43 bits per heavy atom. The van der Waals surface area contributed by atoms with Gasteiger partial charge in [0.15, 0.2) is 5.82 Å². The first kappa shape index (κ1) is 9.86.